The van der Waals surface area contributed by atoms with Crippen LogP contribution in [0.5, 0.6) is 0 Å². The van der Waals surface area contributed by atoms with Gasteiger partial charge in [0, 0.05) is 19.4 Å². The van der Waals surface area contributed by atoms with Crippen molar-refractivity contribution in [3.63, 3.8) is 0 Å². The Hall–Kier alpha value is -1.39. The lowest BCUT2D eigenvalue weighted by Gasteiger charge is -2.22. The Morgan fingerprint density at radius 3 is 2.67 bits per heavy atom. The average Bonchev–Trinajstić information content (AvgIpc) is 2.95. The number of methoxy groups -OCH3 is 2. The van der Waals surface area contributed by atoms with Gasteiger partial charge in [-0.25, -0.2) is 0 Å². The monoisotopic (exact) mass is 292 g/mol. The largest absolute Gasteiger partial charge is 0.469 e. The third-order valence-corrected chi connectivity index (χ3v) is 4.31. The van der Waals surface area contributed by atoms with Crippen LogP contribution in [0.3, 0.4) is 0 Å². The van der Waals surface area contributed by atoms with Crippen molar-refractivity contribution in [2.24, 2.45) is 11.8 Å². The van der Waals surface area contributed by atoms with E-state index in [1.54, 1.807) is 7.11 Å². The molecule has 21 heavy (non-hydrogen) atoms. The molecule has 1 aliphatic rings. The Kier molecular flexibility index (Phi) is 5.76. The number of carbonyl (C=O) groups excluding carboxylic acids is 1. The van der Waals surface area contributed by atoms with E-state index >= 15 is 0 Å². The topological polar surface area (TPSA) is 44.8 Å². The summed E-state index contributed by atoms with van der Waals surface area (Å²) >= 11 is 0. The van der Waals surface area contributed by atoms with Crippen molar-refractivity contribution in [1.29, 1.82) is 0 Å². The minimum absolute atomic E-state index is 0.0317. The molecule has 1 saturated heterocycles. The van der Waals surface area contributed by atoms with Crippen LogP contribution in [0.2, 0.25) is 0 Å². The van der Waals surface area contributed by atoms with E-state index in [1.807, 2.05) is 25.1 Å². The van der Waals surface area contributed by atoms with E-state index in [2.05, 4.69) is 12.1 Å². The van der Waals surface area contributed by atoms with Crippen molar-refractivity contribution in [3.8, 4) is 0 Å². The van der Waals surface area contributed by atoms with Gasteiger partial charge in [-0.15, -0.1) is 0 Å². The van der Waals surface area contributed by atoms with Gasteiger partial charge in [-0.1, -0.05) is 37.3 Å². The molecule has 1 aromatic rings. The highest BCUT2D eigenvalue weighted by molar-refractivity contribution is 5.72. The minimum Gasteiger partial charge on any atom is -0.469 e. The summed E-state index contributed by atoms with van der Waals surface area (Å²) in [5.41, 5.74) is 1.28. The summed E-state index contributed by atoms with van der Waals surface area (Å²) in [5.74, 6) is -0.202. The Balaban J connectivity index is 1.99. The molecule has 1 fully saturated rings. The lowest BCUT2D eigenvalue weighted by molar-refractivity contribution is -0.148. The molecule has 0 bridgehead atoms. The fraction of sp³-hybridized carbons (Fsp3) is 0.588. The molecule has 0 aromatic heterocycles. The van der Waals surface area contributed by atoms with E-state index in [4.69, 9.17) is 14.2 Å². The standard InChI is InChI=1S/C17H24O4/c1-12(17(18)20-3)14-11-16(19-2)21-15(14)10-9-13-7-5-4-6-8-13/h4-8,12,14-16H,9-11H2,1-3H3/t12-,14-,15-,16-/m1/s1. The lowest BCUT2D eigenvalue weighted by atomic mass is 9.85. The summed E-state index contributed by atoms with van der Waals surface area (Å²) in [5, 5.41) is 0. The minimum atomic E-state index is -0.220. The van der Waals surface area contributed by atoms with E-state index in [9.17, 15) is 4.79 Å². The van der Waals surface area contributed by atoms with Crippen LogP contribution in [0.1, 0.15) is 25.3 Å². The van der Waals surface area contributed by atoms with Gasteiger partial charge in [0.25, 0.3) is 0 Å². The second kappa shape index (κ2) is 7.57. The average molecular weight is 292 g/mol. The second-order valence-electron chi connectivity index (χ2n) is 5.58. The predicted molar refractivity (Wildman–Crippen MR) is 79.7 cm³/mol. The number of ether oxygens (including phenoxy) is 3. The van der Waals surface area contributed by atoms with Crippen LogP contribution < -0.4 is 0 Å². The summed E-state index contributed by atoms with van der Waals surface area (Å²) < 4.78 is 16.1. The van der Waals surface area contributed by atoms with Crippen LogP contribution in [-0.4, -0.2) is 32.6 Å². The number of hydrogen-bond acceptors (Lipinski definition) is 4. The molecule has 0 N–H and O–H groups in total. The highest BCUT2D eigenvalue weighted by atomic mass is 16.7. The molecule has 1 aliphatic heterocycles. The van der Waals surface area contributed by atoms with Crippen molar-refractivity contribution < 1.29 is 19.0 Å². The number of esters is 1. The Morgan fingerprint density at radius 2 is 2.05 bits per heavy atom. The van der Waals surface area contributed by atoms with E-state index in [0.717, 1.165) is 19.3 Å². The predicted octanol–water partition coefficient (Wildman–Crippen LogP) is 2.81. The maximum atomic E-state index is 11.8. The molecule has 0 unspecified atom stereocenters. The zero-order chi connectivity index (χ0) is 15.2. The van der Waals surface area contributed by atoms with Crippen molar-refractivity contribution in [2.45, 2.75) is 38.6 Å². The van der Waals surface area contributed by atoms with Crippen LogP contribution in [0.25, 0.3) is 0 Å². The highest BCUT2D eigenvalue weighted by Crippen LogP contribution is 2.35. The number of carbonyl (C=O) groups is 1. The van der Waals surface area contributed by atoms with Crippen LogP contribution >= 0.6 is 0 Å². The Labute approximate surface area is 126 Å². The third-order valence-electron chi connectivity index (χ3n) is 4.31. The van der Waals surface area contributed by atoms with Gasteiger partial charge in [-0.2, -0.15) is 0 Å². The molecule has 0 radical (unpaired) electrons. The van der Waals surface area contributed by atoms with E-state index in [-0.39, 0.29) is 30.2 Å². The highest BCUT2D eigenvalue weighted by Gasteiger charge is 2.40. The number of rotatable bonds is 6. The van der Waals surface area contributed by atoms with Gasteiger partial charge < -0.3 is 14.2 Å². The fourth-order valence-electron chi connectivity index (χ4n) is 3.00. The lowest BCUT2D eigenvalue weighted by Crippen LogP contribution is -2.29. The molecule has 0 spiro atoms. The zero-order valence-electron chi connectivity index (χ0n) is 13.0. The fourth-order valence-corrected chi connectivity index (χ4v) is 3.00. The van der Waals surface area contributed by atoms with Gasteiger partial charge in [0.1, 0.15) is 0 Å². The maximum Gasteiger partial charge on any atom is 0.308 e. The third kappa shape index (κ3) is 4.05. The van der Waals surface area contributed by atoms with Gasteiger partial charge in [-0.05, 0) is 18.4 Å². The smallest absolute Gasteiger partial charge is 0.308 e. The van der Waals surface area contributed by atoms with Crippen molar-refractivity contribution in [3.05, 3.63) is 35.9 Å². The molecular weight excluding hydrogens is 268 g/mol. The SMILES string of the molecule is COC(=O)[C@H](C)[C@H]1C[C@H](OC)O[C@@H]1CCc1ccccc1. The second-order valence-corrected chi connectivity index (χ2v) is 5.58. The van der Waals surface area contributed by atoms with Gasteiger partial charge in [-0.3, -0.25) is 4.79 Å². The normalized spacial score (nSPS) is 26.5. The molecule has 116 valence electrons. The molecule has 1 heterocycles. The van der Waals surface area contributed by atoms with E-state index in [1.165, 1.54) is 12.7 Å². The van der Waals surface area contributed by atoms with Crippen LogP contribution in [0.15, 0.2) is 30.3 Å². The van der Waals surface area contributed by atoms with Crippen LogP contribution in [0.4, 0.5) is 0 Å². The van der Waals surface area contributed by atoms with Gasteiger partial charge in [0.15, 0.2) is 6.29 Å². The first-order chi connectivity index (χ1) is 10.2. The molecule has 0 amide bonds. The van der Waals surface area contributed by atoms with Crippen LogP contribution in [0, 0.1) is 11.8 Å². The summed E-state index contributed by atoms with van der Waals surface area (Å²) in [6.45, 7) is 1.91. The quantitative estimate of drug-likeness (QED) is 0.756. The number of benzene rings is 1. The van der Waals surface area contributed by atoms with Gasteiger partial charge >= 0.3 is 5.97 Å². The van der Waals surface area contributed by atoms with Crippen molar-refractivity contribution >= 4 is 5.97 Å². The molecule has 4 heteroatoms. The van der Waals surface area contributed by atoms with Gasteiger partial charge in [0.05, 0.1) is 19.1 Å². The zero-order valence-corrected chi connectivity index (χ0v) is 13.0. The maximum absolute atomic E-state index is 11.8. The Morgan fingerprint density at radius 1 is 1.33 bits per heavy atom. The summed E-state index contributed by atoms with van der Waals surface area (Å²) in [6, 6.07) is 10.3. The first-order valence-electron chi connectivity index (χ1n) is 7.45. The van der Waals surface area contributed by atoms with Crippen LogP contribution in [-0.2, 0) is 25.4 Å². The molecule has 0 aliphatic carbocycles. The van der Waals surface area contributed by atoms with Gasteiger partial charge in [0.2, 0.25) is 0 Å². The first kappa shape index (κ1) is 16.0. The number of hydrogen-bond donors (Lipinski definition) is 0. The van der Waals surface area contributed by atoms with E-state index in [0.29, 0.717) is 0 Å². The molecule has 4 atom stereocenters. The summed E-state index contributed by atoms with van der Waals surface area (Å²) in [4.78, 5) is 11.8. The molecule has 2 rings (SSSR count). The van der Waals surface area contributed by atoms with Crippen molar-refractivity contribution in [1.82, 2.24) is 0 Å². The Bertz CT molecular complexity index is 445. The van der Waals surface area contributed by atoms with Crippen molar-refractivity contribution in [2.75, 3.05) is 14.2 Å². The number of aryl methyl sites for hydroxylation is 1. The summed E-state index contributed by atoms with van der Waals surface area (Å²) in [6.07, 6.45) is 2.38. The molecule has 0 saturated carbocycles. The summed E-state index contributed by atoms with van der Waals surface area (Å²) in [7, 11) is 3.07. The first-order valence-corrected chi connectivity index (χ1v) is 7.45. The molecule has 4 nitrogen and oxygen atoms in total. The molecule has 1 aromatic carbocycles. The van der Waals surface area contributed by atoms with E-state index < -0.39 is 0 Å². The molecular formula is C17H24O4.